The minimum atomic E-state index is 0.348. The summed E-state index contributed by atoms with van der Waals surface area (Å²) in [5, 5.41) is 0. The molecule has 1 aromatic rings. The van der Waals surface area contributed by atoms with E-state index in [1.807, 2.05) is 18.2 Å². The number of ether oxygens (including phenoxy) is 2. The first-order chi connectivity index (χ1) is 9.04. The fraction of sp³-hybridized carbons (Fsp3) is 0.533. The lowest BCUT2D eigenvalue weighted by Crippen LogP contribution is -2.11. The van der Waals surface area contributed by atoms with Crippen LogP contribution in [-0.2, 0) is 11.3 Å². The average Bonchev–Trinajstić information content (AvgIpc) is 2.37. The van der Waals surface area contributed by atoms with E-state index in [4.69, 9.17) is 27.4 Å². The van der Waals surface area contributed by atoms with Gasteiger partial charge >= 0.3 is 0 Å². The largest absolute Gasteiger partial charge is 0.496 e. The first-order valence-electron chi connectivity index (χ1n) is 6.59. The third-order valence-corrected chi connectivity index (χ3v) is 3.09. The van der Waals surface area contributed by atoms with E-state index in [2.05, 4.69) is 13.8 Å². The van der Waals surface area contributed by atoms with Crippen LogP contribution < -0.4 is 10.5 Å². The zero-order valence-corrected chi connectivity index (χ0v) is 12.8. The van der Waals surface area contributed by atoms with Crippen molar-refractivity contribution in [3.63, 3.8) is 0 Å². The highest BCUT2D eigenvalue weighted by molar-refractivity contribution is 7.80. The predicted octanol–water partition coefficient (Wildman–Crippen LogP) is 3.28. The summed E-state index contributed by atoms with van der Waals surface area (Å²) < 4.78 is 10.9. The molecule has 3 nitrogen and oxygen atoms in total. The van der Waals surface area contributed by atoms with Crippen LogP contribution in [-0.4, -0.2) is 18.7 Å². The number of nitrogens with two attached hydrogens (primary N) is 1. The van der Waals surface area contributed by atoms with Crippen LogP contribution in [0.3, 0.4) is 0 Å². The Kier molecular flexibility index (Phi) is 6.81. The number of methoxy groups -OCH3 is 1. The van der Waals surface area contributed by atoms with Gasteiger partial charge in [-0.15, -0.1) is 0 Å². The molecule has 0 amide bonds. The minimum absolute atomic E-state index is 0.348. The van der Waals surface area contributed by atoms with Gasteiger partial charge in [0.2, 0.25) is 0 Å². The van der Waals surface area contributed by atoms with Gasteiger partial charge in [-0.2, -0.15) is 0 Å². The maximum Gasteiger partial charge on any atom is 0.129 e. The lowest BCUT2D eigenvalue weighted by Gasteiger charge is -2.10. The van der Waals surface area contributed by atoms with E-state index in [1.165, 1.54) is 6.42 Å². The molecule has 0 unspecified atom stereocenters. The van der Waals surface area contributed by atoms with Gasteiger partial charge in [-0.3, -0.25) is 0 Å². The molecule has 0 radical (unpaired) electrons. The summed E-state index contributed by atoms with van der Waals surface area (Å²) in [4.78, 5) is 0.348. The van der Waals surface area contributed by atoms with Crippen molar-refractivity contribution in [1.29, 1.82) is 0 Å². The molecule has 0 aromatic heterocycles. The fourth-order valence-corrected chi connectivity index (χ4v) is 1.98. The van der Waals surface area contributed by atoms with Crippen molar-refractivity contribution in [2.24, 2.45) is 11.7 Å². The third-order valence-electron chi connectivity index (χ3n) is 2.87. The van der Waals surface area contributed by atoms with Crippen LogP contribution in [0.4, 0.5) is 0 Å². The van der Waals surface area contributed by atoms with Crippen molar-refractivity contribution < 1.29 is 9.47 Å². The molecule has 106 valence electrons. The zero-order chi connectivity index (χ0) is 14.3. The molecule has 0 fully saturated rings. The SMILES string of the molecule is COc1cc(COCCCC(C)C)ccc1C(N)=S. The Labute approximate surface area is 121 Å². The van der Waals surface area contributed by atoms with Crippen LogP contribution in [0.25, 0.3) is 0 Å². The van der Waals surface area contributed by atoms with Gasteiger partial charge in [0.1, 0.15) is 10.7 Å². The van der Waals surface area contributed by atoms with Gasteiger partial charge in [-0.05, 0) is 36.5 Å². The van der Waals surface area contributed by atoms with Crippen molar-refractivity contribution in [3.8, 4) is 5.75 Å². The highest BCUT2D eigenvalue weighted by Gasteiger charge is 2.06. The maximum absolute atomic E-state index is 5.65. The normalized spacial score (nSPS) is 10.7. The Morgan fingerprint density at radius 2 is 2.11 bits per heavy atom. The molecule has 0 atom stereocenters. The van der Waals surface area contributed by atoms with Gasteiger partial charge < -0.3 is 15.2 Å². The molecule has 19 heavy (non-hydrogen) atoms. The van der Waals surface area contributed by atoms with Crippen LogP contribution >= 0.6 is 12.2 Å². The highest BCUT2D eigenvalue weighted by atomic mass is 32.1. The molecule has 0 bridgehead atoms. The third kappa shape index (κ3) is 5.57. The number of hydrogen-bond donors (Lipinski definition) is 1. The maximum atomic E-state index is 5.65. The topological polar surface area (TPSA) is 44.5 Å². The second-order valence-electron chi connectivity index (χ2n) is 4.99. The molecule has 4 heteroatoms. The van der Waals surface area contributed by atoms with Crippen LogP contribution in [0.5, 0.6) is 5.75 Å². The lowest BCUT2D eigenvalue weighted by atomic mass is 10.1. The molecular weight excluding hydrogens is 258 g/mol. The molecule has 0 saturated heterocycles. The Morgan fingerprint density at radius 1 is 1.37 bits per heavy atom. The molecule has 0 spiro atoms. The van der Waals surface area contributed by atoms with Gasteiger partial charge in [0.25, 0.3) is 0 Å². The second kappa shape index (κ2) is 8.12. The minimum Gasteiger partial charge on any atom is -0.496 e. The quantitative estimate of drug-likeness (QED) is 0.586. The first kappa shape index (κ1) is 15.9. The summed E-state index contributed by atoms with van der Waals surface area (Å²) >= 11 is 4.97. The van der Waals surface area contributed by atoms with Crippen molar-refractivity contribution >= 4 is 17.2 Å². The molecule has 0 aliphatic carbocycles. The standard InChI is InChI=1S/C15H23NO2S/c1-11(2)5-4-8-18-10-12-6-7-13(15(16)19)14(9-12)17-3/h6-7,9,11H,4-5,8,10H2,1-3H3,(H2,16,19). The summed E-state index contributed by atoms with van der Waals surface area (Å²) in [5.41, 5.74) is 7.46. The van der Waals surface area contributed by atoms with E-state index in [0.29, 0.717) is 17.3 Å². The van der Waals surface area contributed by atoms with Crippen molar-refractivity contribution in [1.82, 2.24) is 0 Å². The van der Waals surface area contributed by atoms with Crippen molar-refractivity contribution in [2.75, 3.05) is 13.7 Å². The number of thiocarbonyl (C=S) groups is 1. The second-order valence-corrected chi connectivity index (χ2v) is 5.43. The smallest absolute Gasteiger partial charge is 0.129 e. The Morgan fingerprint density at radius 3 is 2.68 bits per heavy atom. The summed E-state index contributed by atoms with van der Waals surface area (Å²) in [6.45, 7) is 5.82. The van der Waals surface area contributed by atoms with Crippen LogP contribution in [0, 0.1) is 5.92 Å². The van der Waals surface area contributed by atoms with E-state index in [-0.39, 0.29) is 0 Å². The molecule has 1 rings (SSSR count). The summed E-state index contributed by atoms with van der Waals surface area (Å²) in [5.74, 6) is 1.43. The summed E-state index contributed by atoms with van der Waals surface area (Å²) in [7, 11) is 1.62. The van der Waals surface area contributed by atoms with E-state index in [1.54, 1.807) is 7.11 Å². The molecular formula is C15H23NO2S. The fourth-order valence-electron chi connectivity index (χ4n) is 1.81. The van der Waals surface area contributed by atoms with E-state index in [9.17, 15) is 0 Å². The van der Waals surface area contributed by atoms with Crippen molar-refractivity contribution in [2.45, 2.75) is 33.3 Å². The molecule has 0 saturated carbocycles. The molecule has 1 aromatic carbocycles. The van der Waals surface area contributed by atoms with Crippen LogP contribution in [0.2, 0.25) is 0 Å². The molecule has 0 aliphatic rings. The zero-order valence-electron chi connectivity index (χ0n) is 11.9. The number of benzene rings is 1. The Bertz CT molecular complexity index is 419. The van der Waals surface area contributed by atoms with Crippen molar-refractivity contribution in [3.05, 3.63) is 29.3 Å². The van der Waals surface area contributed by atoms with Gasteiger partial charge in [0, 0.05) is 6.61 Å². The van der Waals surface area contributed by atoms with E-state index in [0.717, 1.165) is 30.1 Å². The van der Waals surface area contributed by atoms with Gasteiger partial charge in [-0.25, -0.2) is 0 Å². The lowest BCUT2D eigenvalue weighted by molar-refractivity contribution is 0.114. The van der Waals surface area contributed by atoms with Crippen LogP contribution in [0.15, 0.2) is 18.2 Å². The van der Waals surface area contributed by atoms with Gasteiger partial charge in [-0.1, -0.05) is 32.1 Å². The van der Waals surface area contributed by atoms with E-state index >= 15 is 0 Å². The number of hydrogen-bond acceptors (Lipinski definition) is 3. The first-order valence-corrected chi connectivity index (χ1v) is 7.00. The predicted molar refractivity (Wildman–Crippen MR) is 82.6 cm³/mol. The van der Waals surface area contributed by atoms with Crippen LogP contribution in [0.1, 0.15) is 37.8 Å². The molecule has 0 heterocycles. The average molecular weight is 281 g/mol. The monoisotopic (exact) mass is 281 g/mol. The van der Waals surface area contributed by atoms with E-state index < -0.39 is 0 Å². The Hall–Kier alpha value is -1.13. The summed E-state index contributed by atoms with van der Waals surface area (Å²) in [6, 6.07) is 5.78. The van der Waals surface area contributed by atoms with Gasteiger partial charge in [0.05, 0.1) is 19.3 Å². The summed E-state index contributed by atoms with van der Waals surface area (Å²) in [6.07, 6.45) is 2.30. The Balaban J connectivity index is 2.49. The molecule has 0 aliphatic heterocycles. The highest BCUT2D eigenvalue weighted by Crippen LogP contribution is 2.20. The number of rotatable bonds is 8. The molecule has 2 N–H and O–H groups in total. The van der Waals surface area contributed by atoms with Gasteiger partial charge in [0.15, 0.2) is 0 Å².